The fourth-order valence-electron chi connectivity index (χ4n) is 1.73. The van der Waals surface area contributed by atoms with Crippen LogP contribution in [0.3, 0.4) is 0 Å². The monoisotopic (exact) mass is 258 g/mol. The van der Waals surface area contributed by atoms with Crippen LogP contribution in [-0.2, 0) is 4.74 Å². The molecule has 0 radical (unpaired) electrons. The fourth-order valence-corrected chi connectivity index (χ4v) is 1.73. The second-order valence-corrected chi connectivity index (χ2v) is 3.99. The zero-order valence-corrected chi connectivity index (χ0v) is 11.2. The van der Waals surface area contributed by atoms with Crippen LogP contribution in [0.5, 0.6) is 11.5 Å². The van der Waals surface area contributed by atoms with E-state index in [1.165, 1.54) is 0 Å². The zero-order chi connectivity index (χ0) is 13.5. The highest BCUT2D eigenvalue weighted by Gasteiger charge is 2.13. The van der Waals surface area contributed by atoms with Crippen molar-refractivity contribution < 1.29 is 14.2 Å². The molecule has 0 spiro atoms. The van der Waals surface area contributed by atoms with Gasteiger partial charge in [-0.25, -0.2) is 0 Å². The van der Waals surface area contributed by atoms with Crippen molar-refractivity contribution in [1.82, 2.24) is 0 Å². The fraction of sp³-hybridized carbons (Fsp3) is 0.250. The number of rotatable bonds is 6. The van der Waals surface area contributed by atoms with E-state index < -0.39 is 6.29 Å². The summed E-state index contributed by atoms with van der Waals surface area (Å²) in [6, 6.07) is 17.3. The molecule has 0 N–H and O–H groups in total. The maximum atomic E-state index is 5.85. The molecule has 0 heterocycles. The molecule has 0 aliphatic heterocycles. The number of benzene rings is 2. The molecule has 3 heteroatoms. The second kappa shape index (κ2) is 6.81. The van der Waals surface area contributed by atoms with Crippen LogP contribution in [0.1, 0.15) is 18.8 Å². The van der Waals surface area contributed by atoms with Gasteiger partial charge in [0.15, 0.2) is 0 Å². The lowest BCUT2D eigenvalue weighted by Crippen LogP contribution is -2.11. The molecule has 3 nitrogen and oxygen atoms in total. The zero-order valence-electron chi connectivity index (χ0n) is 11.2. The lowest BCUT2D eigenvalue weighted by molar-refractivity contribution is -0.0786. The number of hydrogen-bond donors (Lipinski definition) is 0. The highest BCUT2D eigenvalue weighted by Crippen LogP contribution is 2.24. The number of ether oxygens (including phenoxy) is 3. The maximum Gasteiger partial charge on any atom is 0.226 e. The molecule has 0 bridgehead atoms. The molecule has 2 rings (SSSR count). The SMILES string of the molecule is CCOC(Oc1ccccc1)c1ccc(OC)cc1. The Bertz CT molecular complexity index is 479. The largest absolute Gasteiger partial charge is 0.497 e. The quantitative estimate of drug-likeness (QED) is 0.737. The van der Waals surface area contributed by atoms with Gasteiger partial charge in [0.1, 0.15) is 11.5 Å². The Balaban J connectivity index is 2.14. The Morgan fingerprint density at radius 1 is 0.895 bits per heavy atom. The number of para-hydroxylation sites is 1. The molecule has 1 atom stereocenters. The van der Waals surface area contributed by atoms with Crippen molar-refractivity contribution in [2.24, 2.45) is 0 Å². The van der Waals surface area contributed by atoms with Crippen molar-refractivity contribution in [3.8, 4) is 11.5 Å². The van der Waals surface area contributed by atoms with E-state index in [1.807, 2.05) is 61.5 Å². The van der Waals surface area contributed by atoms with Crippen molar-refractivity contribution in [2.75, 3.05) is 13.7 Å². The minimum atomic E-state index is -0.404. The first-order chi connectivity index (χ1) is 9.33. The van der Waals surface area contributed by atoms with Gasteiger partial charge in [-0.3, -0.25) is 0 Å². The van der Waals surface area contributed by atoms with Crippen LogP contribution in [0.15, 0.2) is 54.6 Å². The second-order valence-electron chi connectivity index (χ2n) is 3.99. The van der Waals surface area contributed by atoms with E-state index in [-0.39, 0.29) is 0 Å². The molecule has 0 amide bonds. The van der Waals surface area contributed by atoms with Gasteiger partial charge in [0.2, 0.25) is 6.29 Å². The number of methoxy groups -OCH3 is 1. The van der Waals surface area contributed by atoms with E-state index >= 15 is 0 Å². The van der Waals surface area contributed by atoms with Crippen LogP contribution in [0.25, 0.3) is 0 Å². The molecule has 100 valence electrons. The Hall–Kier alpha value is -2.00. The van der Waals surface area contributed by atoms with Crippen LogP contribution in [0.4, 0.5) is 0 Å². The Morgan fingerprint density at radius 3 is 2.16 bits per heavy atom. The van der Waals surface area contributed by atoms with E-state index in [0.29, 0.717) is 6.61 Å². The van der Waals surface area contributed by atoms with E-state index in [2.05, 4.69) is 0 Å². The van der Waals surface area contributed by atoms with Crippen LogP contribution in [0.2, 0.25) is 0 Å². The summed E-state index contributed by atoms with van der Waals surface area (Å²) in [4.78, 5) is 0. The van der Waals surface area contributed by atoms with Crippen LogP contribution in [-0.4, -0.2) is 13.7 Å². The maximum absolute atomic E-state index is 5.85. The standard InChI is InChI=1S/C16H18O3/c1-3-18-16(19-15-7-5-4-6-8-15)13-9-11-14(17-2)12-10-13/h4-12,16H,3H2,1-2H3. The number of hydrogen-bond acceptors (Lipinski definition) is 3. The van der Waals surface area contributed by atoms with Crippen LogP contribution < -0.4 is 9.47 Å². The average Bonchev–Trinajstić information content (AvgIpc) is 2.48. The third kappa shape index (κ3) is 3.73. The van der Waals surface area contributed by atoms with Crippen molar-refractivity contribution in [3.63, 3.8) is 0 Å². The molecule has 0 saturated heterocycles. The third-order valence-corrected chi connectivity index (χ3v) is 2.69. The Kier molecular flexibility index (Phi) is 4.81. The smallest absolute Gasteiger partial charge is 0.226 e. The highest BCUT2D eigenvalue weighted by atomic mass is 16.7. The lowest BCUT2D eigenvalue weighted by atomic mass is 10.2. The molecular weight excluding hydrogens is 240 g/mol. The summed E-state index contributed by atoms with van der Waals surface area (Å²) in [7, 11) is 1.65. The minimum Gasteiger partial charge on any atom is -0.497 e. The normalized spacial score (nSPS) is 11.9. The first kappa shape index (κ1) is 13.4. The van der Waals surface area contributed by atoms with Gasteiger partial charge in [0.25, 0.3) is 0 Å². The molecular formula is C16H18O3. The summed E-state index contributed by atoms with van der Waals surface area (Å²) in [5.41, 5.74) is 0.964. The minimum absolute atomic E-state index is 0.404. The Morgan fingerprint density at radius 2 is 1.58 bits per heavy atom. The van der Waals surface area contributed by atoms with Gasteiger partial charge < -0.3 is 14.2 Å². The van der Waals surface area contributed by atoms with Gasteiger partial charge in [-0.2, -0.15) is 0 Å². The first-order valence-electron chi connectivity index (χ1n) is 6.30. The first-order valence-corrected chi connectivity index (χ1v) is 6.30. The average molecular weight is 258 g/mol. The van der Waals surface area contributed by atoms with Crippen molar-refractivity contribution >= 4 is 0 Å². The topological polar surface area (TPSA) is 27.7 Å². The molecule has 0 saturated carbocycles. The molecule has 0 aliphatic rings. The van der Waals surface area contributed by atoms with Gasteiger partial charge in [-0.1, -0.05) is 18.2 Å². The molecule has 1 unspecified atom stereocenters. The Labute approximate surface area is 113 Å². The van der Waals surface area contributed by atoms with Crippen LogP contribution >= 0.6 is 0 Å². The van der Waals surface area contributed by atoms with Crippen LogP contribution in [0, 0.1) is 0 Å². The van der Waals surface area contributed by atoms with Gasteiger partial charge >= 0.3 is 0 Å². The molecule has 0 aliphatic carbocycles. The van der Waals surface area contributed by atoms with Gasteiger partial charge in [-0.05, 0) is 43.3 Å². The van der Waals surface area contributed by atoms with Gasteiger partial charge in [0.05, 0.1) is 7.11 Å². The lowest BCUT2D eigenvalue weighted by Gasteiger charge is -2.19. The predicted molar refractivity (Wildman–Crippen MR) is 74.4 cm³/mol. The van der Waals surface area contributed by atoms with E-state index in [9.17, 15) is 0 Å². The molecule has 19 heavy (non-hydrogen) atoms. The molecule has 0 fully saturated rings. The summed E-state index contributed by atoms with van der Waals surface area (Å²) in [6.07, 6.45) is -0.404. The summed E-state index contributed by atoms with van der Waals surface area (Å²) in [6.45, 7) is 2.54. The van der Waals surface area contributed by atoms with Gasteiger partial charge in [-0.15, -0.1) is 0 Å². The van der Waals surface area contributed by atoms with E-state index in [4.69, 9.17) is 14.2 Å². The highest BCUT2D eigenvalue weighted by molar-refractivity contribution is 5.29. The summed E-state index contributed by atoms with van der Waals surface area (Å²) in [5, 5.41) is 0. The van der Waals surface area contributed by atoms with E-state index in [0.717, 1.165) is 17.1 Å². The summed E-state index contributed by atoms with van der Waals surface area (Å²) < 4.78 is 16.6. The van der Waals surface area contributed by atoms with Crippen molar-refractivity contribution in [1.29, 1.82) is 0 Å². The molecule has 2 aromatic rings. The predicted octanol–water partition coefficient (Wildman–Crippen LogP) is 3.81. The van der Waals surface area contributed by atoms with Gasteiger partial charge in [0, 0.05) is 12.2 Å². The summed E-state index contributed by atoms with van der Waals surface area (Å²) in [5.74, 6) is 1.61. The van der Waals surface area contributed by atoms with Crippen molar-refractivity contribution in [2.45, 2.75) is 13.2 Å². The molecule has 0 aromatic heterocycles. The third-order valence-electron chi connectivity index (χ3n) is 2.69. The van der Waals surface area contributed by atoms with E-state index in [1.54, 1.807) is 7.11 Å². The summed E-state index contributed by atoms with van der Waals surface area (Å²) >= 11 is 0. The van der Waals surface area contributed by atoms with Crippen molar-refractivity contribution in [3.05, 3.63) is 60.2 Å². The molecule has 2 aromatic carbocycles.